The van der Waals surface area contributed by atoms with E-state index in [9.17, 15) is 14.4 Å². The van der Waals surface area contributed by atoms with Gasteiger partial charge in [-0.1, -0.05) is 42.3 Å². The average molecular weight is 399 g/mol. The minimum atomic E-state index is -0.519. The number of rotatable bonds is 2. The topological polar surface area (TPSA) is 107 Å². The predicted octanol–water partition coefficient (Wildman–Crippen LogP) is 2.27. The van der Waals surface area contributed by atoms with Crippen LogP contribution in [-0.2, 0) is 17.9 Å². The molecule has 148 valence electrons. The molecule has 1 aromatic heterocycles. The van der Waals surface area contributed by atoms with Crippen molar-refractivity contribution >= 4 is 23.7 Å². The zero-order chi connectivity index (χ0) is 20.9. The molecule has 0 bridgehead atoms. The zero-order valence-corrected chi connectivity index (χ0v) is 15.8. The molecule has 0 atom stereocenters. The maximum Gasteiger partial charge on any atom is 0.324 e. The SMILES string of the molecule is O=C(C#Cc1ccccc1)Nc1n[nH]c2c1CN(C(=O)NC(=O)c1ccccc1)C2. The largest absolute Gasteiger partial charge is 0.324 e. The number of aromatic nitrogens is 2. The first-order valence-electron chi connectivity index (χ1n) is 9.19. The Labute approximate surface area is 172 Å². The van der Waals surface area contributed by atoms with E-state index in [-0.39, 0.29) is 13.1 Å². The van der Waals surface area contributed by atoms with Gasteiger partial charge >= 0.3 is 11.9 Å². The van der Waals surface area contributed by atoms with Crippen LogP contribution in [-0.4, -0.2) is 32.9 Å². The lowest BCUT2D eigenvalue weighted by molar-refractivity contribution is -0.111. The van der Waals surface area contributed by atoms with Crippen LogP contribution in [0.5, 0.6) is 0 Å². The predicted molar refractivity (Wildman–Crippen MR) is 109 cm³/mol. The van der Waals surface area contributed by atoms with Crippen LogP contribution in [0.3, 0.4) is 0 Å². The van der Waals surface area contributed by atoms with Crippen molar-refractivity contribution in [1.29, 1.82) is 0 Å². The van der Waals surface area contributed by atoms with Gasteiger partial charge in [0.05, 0.1) is 18.8 Å². The number of nitrogens with zero attached hydrogens (tertiary/aromatic N) is 2. The second-order valence-corrected chi connectivity index (χ2v) is 6.58. The van der Waals surface area contributed by atoms with Gasteiger partial charge in [0.1, 0.15) is 0 Å². The van der Waals surface area contributed by atoms with Crippen molar-refractivity contribution in [3.63, 3.8) is 0 Å². The van der Waals surface area contributed by atoms with Crippen LogP contribution in [0.25, 0.3) is 0 Å². The fourth-order valence-electron chi connectivity index (χ4n) is 3.01. The number of amides is 4. The summed E-state index contributed by atoms with van der Waals surface area (Å²) in [4.78, 5) is 38.2. The lowest BCUT2D eigenvalue weighted by Crippen LogP contribution is -2.40. The van der Waals surface area contributed by atoms with Gasteiger partial charge in [-0.15, -0.1) is 0 Å². The van der Waals surface area contributed by atoms with Crippen molar-refractivity contribution in [2.75, 3.05) is 5.32 Å². The molecule has 0 spiro atoms. The molecule has 0 saturated heterocycles. The Hall–Kier alpha value is -4.38. The molecule has 2 aromatic carbocycles. The fraction of sp³-hybridized carbons (Fsp3) is 0.0909. The molecule has 2 heterocycles. The van der Waals surface area contributed by atoms with Crippen LogP contribution in [0, 0.1) is 11.8 Å². The van der Waals surface area contributed by atoms with Gasteiger partial charge in [-0.25, -0.2) is 4.79 Å². The van der Waals surface area contributed by atoms with Gasteiger partial charge in [-0.05, 0) is 24.3 Å². The van der Waals surface area contributed by atoms with Gasteiger partial charge in [0, 0.05) is 22.6 Å². The normalized spacial score (nSPS) is 11.8. The first-order valence-corrected chi connectivity index (χ1v) is 9.19. The summed E-state index contributed by atoms with van der Waals surface area (Å²) in [6.07, 6.45) is 0. The van der Waals surface area contributed by atoms with Crippen molar-refractivity contribution in [3.8, 4) is 11.8 Å². The maximum absolute atomic E-state index is 12.4. The van der Waals surface area contributed by atoms with Crippen molar-refractivity contribution < 1.29 is 14.4 Å². The summed E-state index contributed by atoms with van der Waals surface area (Å²) in [5.41, 5.74) is 2.51. The molecule has 3 N–H and O–H groups in total. The molecule has 30 heavy (non-hydrogen) atoms. The highest BCUT2D eigenvalue weighted by molar-refractivity contribution is 6.05. The molecule has 3 aromatic rings. The van der Waals surface area contributed by atoms with Gasteiger partial charge in [-0.3, -0.25) is 25.3 Å². The van der Waals surface area contributed by atoms with Gasteiger partial charge in [0.2, 0.25) is 0 Å². The number of carbonyl (C=O) groups excluding carboxylic acids is 3. The Kier molecular flexibility index (Phi) is 5.26. The number of hydrogen-bond donors (Lipinski definition) is 3. The number of imide groups is 1. The molecule has 0 fully saturated rings. The highest BCUT2D eigenvalue weighted by Crippen LogP contribution is 2.27. The third-order valence-electron chi connectivity index (χ3n) is 4.52. The number of fused-ring (bicyclic) bond motifs is 1. The van der Waals surface area contributed by atoms with Gasteiger partial charge in [0.15, 0.2) is 5.82 Å². The number of nitrogens with one attached hydrogen (secondary N) is 3. The first-order chi connectivity index (χ1) is 14.6. The first kappa shape index (κ1) is 19.0. The summed E-state index contributed by atoms with van der Waals surface area (Å²) in [5, 5.41) is 11.9. The Morgan fingerprint density at radius 3 is 2.40 bits per heavy atom. The molecule has 0 radical (unpaired) electrons. The molecule has 0 aliphatic carbocycles. The van der Waals surface area contributed by atoms with E-state index in [1.54, 1.807) is 42.5 Å². The highest BCUT2D eigenvalue weighted by atomic mass is 16.2. The Morgan fingerprint density at radius 1 is 0.967 bits per heavy atom. The van der Waals surface area contributed by atoms with Crippen LogP contribution in [0.1, 0.15) is 27.2 Å². The number of H-pyrrole nitrogens is 1. The van der Waals surface area contributed by atoms with Crippen LogP contribution < -0.4 is 10.6 Å². The molecular formula is C22H17N5O3. The Balaban J connectivity index is 1.37. The third-order valence-corrected chi connectivity index (χ3v) is 4.52. The summed E-state index contributed by atoms with van der Waals surface area (Å²) in [5.74, 6) is 4.64. The van der Waals surface area contributed by atoms with Crippen LogP contribution in [0.15, 0.2) is 60.7 Å². The number of hydrogen-bond acceptors (Lipinski definition) is 4. The Morgan fingerprint density at radius 2 is 1.67 bits per heavy atom. The highest BCUT2D eigenvalue weighted by Gasteiger charge is 2.29. The van der Waals surface area contributed by atoms with Gasteiger partial charge in [0.25, 0.3) is 5.91 Å². The van der Waals surface area contributed by atoms with Crippen molar-refractivity contribution in [3.05, 3.63) is 83.0 Å². The molecule has 8 nitrogen and oxygen atoms in total. The van der Waals surface area contributed by atoms with Crippen LogP contribution >= 0.6 is 0 Å². The van der Waals surface area contributed by atoms with E-state index in [4.69, 9.17) is 0 Å². The fourth-order valence-corrected chi connectivity index (χ4v) is 3.01. The summed E-state index contributed by atoms with van der Waals surface area (Å²) in [6.45, 7) is 0.462. The van der Waals surface area contributed by atoms with E-state index in [0.29, 0.717) is 22.6 Å². The lowest BCUT2D eigenvalue weighted by Gasteiger charge is -2.16. The smallest absolute Gasteiger partial charge is 0.314 e. The van der Waals surface area contributed by atoms with Crippen molar-refractivity contribution in [2.45, 2.75) is 13.1 Å². The average Bonchev–Trinajstić information content (AvgIpc) is 3.36. The molecule has 0 unspecified atom stereocenters. The van der Waals surface area contributed by atoms with E-state index < -0.39 is 17.8 Å². The van der Waals surface area contributed by atoms with E-state index in [1.165, 1.54) is 4.90 Å². The van der Waals surface area contributed by atoms with Crippen molar-refractivity contribution in [2.24, 2.45) is 0 Å². The summed E-state index contributed by atoms with van der Waals surface area (Å²) in [7, 11) is 0. The zero-order valence-electron chi connectivity index (χ0n) is 15.8. The molecule has 4 rings (SSSR count). The number of urea groups is 1. The number of carbonyl (C=O) groups is 3. The third kappa shape index (κ3) is 4.20. The minimum Gasteiger partial charge on any atom is -0.314 e. The molecule has 4 amide bonds. The van der Waals surface area contributed by atoms with Crippen molar-refractivity contribution in [1.82, 2.24) is 20.4 Å². The molecule has 0 saturated carbocycles. The van der Waals surface area contributed by atoms with E-state index in [2.05, 4.69) is 32.7 Å². The lowest BCUT2D eigenvalue weighted by atomic mass is 10.2. The van der Waals surface area contributed by atoms with E-state index in [0.717, 1.165) is 5.56 Å². The van der Waals surface area contributed by atoms with E-state index in [1.807, 2.05) is 18.2 Å². The van der Waals surface area contributed by atoms with Gasteiger partial charge in [-0.2, -0.15) is 5.10 Å². The molecule has 8 heteroatoms. The summed E-state index contributed by atoms with van der Waals surface area (Å²) < 4.78 is 0. The monoisotopic (exact) mass is 399 g/mol. The number of anilines is 1. The minimum absolute atomic E-state index is 0.210. The number of benzene rings is 2. The molecule has 1 aliphatic rings. The molecular weight excluding hydrogens is 382 g/mol. The summed E-state index contributed by atoms with van der Waals surface area (Å²) in [6, 6.07) is 17.1. The van der Waals surface area contributed by atoms with Gasteiger partial charge < -0.3 is 4.90 Å². The van der Waals surface area contributed by atoms with E-state index >= 15 is 0 Å². The second kappa shape index (κ2) is 8.32. The second-order valence-electron chi connectivity index (χ2n) is 6.58. The maximum atomic E-state index is 12.4. The summed E-state index contributed by atoms with van der Waals surface area (Å²) >= 11 is 0. The standard InChI is InChI=1S/C22H17N5O3/c28-19(12-11-15-7-3-1-4-8-15)23-20-17-13-27(14-18(17)25-26-20)22(30)24-21(29)16-9-5-2-6-10-16/h1-10H,13-14H2,(H,24,29,30)(H2,23,25,26,28). The quantitative estimate of drug-likeness (QED) is 0.575. The van der Waals surface area contributed by atoms with Crippen LogP contribution in [0.4, 0.5) is 10.6 Å². The Bertz CT molecular complexity index is 1160. The molecule has 1 aliphatic heterocycles. The van der Waals surface area contributed by atoms with Crippen LogP contribution in [0.2, 0.25) is 0 Å². The number of aromatic amines is 1.